The number of fused-ring (bicyclic) bond motifs is 1. The Balaban J connectivity index is 1.51. The Morgan fingerprint density at radius 2 is 2.04 bits per heavy atom. The Morgan fingerprint density at radius 3 is 2.74 bits per heavy atom. The number of para-hydroxylation sites is 1. The quantitative estimate of drug-likeness (QED) is 0.680. The van der Waals surface area contributed by atoms with E-state index in [0.29, 0.717) is 0 Å². The molecule has 0 unspecified atom stereocenters. The van der Waals surface area contributed by atoms with Crippen molar-refractivity contribution in [2.45, 2.75) is 13.5 Å². The van der Waals surface area contributed by atoms with Gasteiger partial charge in [0.15, 0.2) is 5.11 Å². The molecule has 2 heterocycles. The van der Waals surface area contributed by atoms with E-state index in [9.17, 15) is 0 Å². The van der Waals surface area contributed by atoms with Crippen LogP contribution in [0.4, 0.5) is 0 Å². The van der Waals surface area contributed by atoms with E-state index in [0.717, 1.165) is 55.5 Å². The first-order valence-electron chi connectivity index (χ1n) is 7.86. The van der Waals surface area contributed by atoms with E-state index >= 15 is 0 Å². The number of thiazole rings is 1. The summed E-state index contributed by atoms with van der Waals surface area (Å²) in [4.78, 5) is 9.42. The minimum Gasteiger partial charge on any atom is -0.359 e. The normalized spacial score (nSPS) is 15.8. The molecular formula is C17H22N4S2. The highest BCUT2D eigenvalue weighted by Gasteiger charge is 2.19. The second kappa shape index (κ2) is 7.38. The summed E-state index contributed by atoms with van der Waals surface area (Å²) >= 11 is 7.24. The highest BCUT2D eigenvalue weighted by molar-refractivity contribution is 7.80. The largest absolute Gasteiger partial charge is 0.359 e. The second-order valence-corrected chi connectivity index (χ2v) is 7.46. The maximum absolute atomic E-state index is 5.45. The number of benzene rings is 1. The standard InChI is InChI=1S/C17H22N4S2/c1-13(2)11-18-17(22)21-9-7-20(8-10-21)12-16-19-14-5-3-4-6-15(14)23-16/h3-6H,1,7-12H2,2H3,(H,18,22). The Morgan fingerprint density at radius 1 is 1.30 bits per heavy atom. The fraction of sp³-hybridized carbons (Fsp3) is 0.412. The Labute approximate surface area is 146 Å². The molecule has 0 radical (unpaired) electrons. The predicted molar refractivity (Wildman–Crippen MR) is 102 cm³/mol. The van der Waals surface area contributed by atoms with Crippen LogP contribution < -0.4 is 5.32 Å². The van der Waals surface area contributed by atoms with Gasteiger partial charge in [-0.05, 0) is 31.3 Å². The SMILES string of the molecule is C=C(C)CNC(=S)N1CCN(Cc2nc3ccccc3s2)CC1. The molecule has 0 atom stereocenters. The van der Waals surface area contributed by atoms with Gasteiger partial charge in [-0.2, -0.15) is 0 Å². The lowest BCUT2D eigenvalue weighted by Crippen LogP contribution is -2.51. The average molecular weight is 347 g/mol. The Bertz CT molecular complexity index is 668. The van der Waals surface area contributed by atoms with Crippen molar-refractivity contribution in [3.05, 3.63) is 41.4 Å². The summed E-state index contributed by atoms with van der Waals surface area (Å²) in [5.74, 6) is 0. The van der Waals surface area contributed by atoms with Crippen molar-refractivity contribution in [1.82, 2.24) is 20.1 Å². The highest BCUT2D eigenvalue weighted by Crippen LogP contribution is 2.22. The van der Waals surface area contributed by atoms with Gasteiger partial charge in [-0.25, -0.2) is 4.98 Å². The summed E-state index contributed by atoms with van der Waals surface area (Å²) < 4.78 is 1.27. The monoisotopic (exact) mass is 346 g/mol. The molecule has 1 saturated heterocycles. The average Bonchev–Trinajstić information content (AvgIpc) is 2.95. The molecule has 0 amide bonds. The van der Waals surface area contributed by atoms with Gasteiger partial charge in [-0.15, -0.1) is 11.3 Å². The lowest BCUT2D eigenvalue weighted by molar-refractivity contribution is 0.174. The molecule has 0 aliphatic carbocycles. The van der Waals surface area contributed by atoms with E-state index in [4.69, 9.17) is 17.2 Å². The maximum Gasteiger partial charge on any atom is 0.169 e. The van der Waals surface area contributed by atoms with Crippen LogP contribution in [0, 0.1) is 0 Å². The Hall–Kier alpha value is -1.50. The lowest BCUT2D eigenvalue weighted by Gasteiger charge is -2.35. The van der Waals surface area contributed by atoms with Crippen LogP contribution in [0.3, 0.4) is 0 Å². The molecule has 1 aromatic heterocycles. The summed E-state index contributed by atoms with van der Waals surface area (Å²) in [6, 6.07) is 8.34. The smallest absolute Gasteiger partial charge is 0.169 e. The van der Waals surface area contributed by atoms with Crippen molar-refractivity contribution in [2.75, 3.05) is 32.7 Å². The van der Waals surface area contributed by atoms with Crippen LogP contribution in [0.25, 0.3) is 10.2 Å². The van der Waals surface area contributed by atoms with E-state index < -0.39 is 0 Å². The van der Waals surface area contributed by atoms with Gasteiger partial charge in [-0.3, -0.25) is 4.90 Å². The van der Waals surface area contributed by atoms with Crippen LogP contribution >= 0.6 is 23.6 Å². The van der Waals surface area contributed by atoms with Crippen LogP contribution in [0.5, 0.6) is 0 Å². The summed E-state index contributed by atoms with van der Waals surface area (Å²) in [6.45, 7) is 11.6. The molecule has 122 valence electrons. The molecule has 3 rings (SSSR count). The first-order valence-corrected chi connectivity index (χ1v) is 9.08. The topological polar surface area (TPSA) is 31.4 Å². The highest BCUT2D eigenvalue weighted by atomic mass is 32.1. The van der Waals surface area contributed by atoms with Crippen LogP contribution in [0.2, 0.25) is 0 Å². The zero-order chi connectivity index (χ0) is 16.2. The van der Waals surface area contributed by atoms with Gasteiger partial charge in [0, 0.05) is 32.7 Å². The summed E-state index contributed by atoms with van der Waals surface area (Å²) in [5, 5.41) is 5.30. The van der Waals surface area contributed by atoms with Crippen molar-refractivity contribution in [3.63, 3.8) is 0 Å². The predicted octanol–water partition coefficient (Wildman–Crippen LogP) is 2.86. The molecule has 1 aliphatic rings. The number of nitrogens with one attached hydrogen (secondary N) is 1. The molecule has 23 heavy (non-hydrogen) atoms. The Kier molecular flexibility index (Phi) is 5.25. The lowest BCUT2D eigenvalue weighted by atomic mass is 10.3. The molecule has 2 aromatic rings. The number of hydrogen-bond donors (Lipinski definition) is 1. The minimum atomic E-state index is 0.755. The second-order valence-electron chi connectivity index (χ2n) is 5.95. The van der Waals surface area contributed by atoms with Crippen LogP contribution in [-0.2, 0) is 6.54 Å². The van der Waals surface area contributed by atoms with Crippen LogP contribution in [0.15, 0.2) is 36.4 Å². The minimum absolute atomic E-state index is 0.755. The summed E-state index contributed by atoms with van der Waals surface area (Å²) in [5.41, 5.74) is 2.21. The fourth-order valence-corrected chi connectivity index (χ4v) is 3.89. The van der Waals surface area contributed by atoms with E-state index in [-0.39, 0.29) is 0 Å². The third kappa shape index (κ3) is 4.28. The number of nitrogens with zero attached hydrogens (tertiary/aromatic N) is 3. The third-order valence-corrected chi connectivity index (χ3v) is 5.32. The van der Waals surface area contributed by atoms with Crippen molar-refractivity contribution >= 4 is 38.9 Å². The van der Waals surface area contributed by atoms with Gasteiger partial charge in [0.2, 0.25) is 0 Å². The van der Waals surface area contributed by atoms with E-state index in [1.54, 1.807) is 11.3 Å². The molecule has 1 aromatic carbocycles. The molecular weight excluding hydrogens is 324 g/mol. The summed E-state index contributed by atoms with van der Waals surface area (Å²) in [7, 11) is 0. The van der Waals surface area contributed by atoms with Crippen molar-refractivity contribution in [2.24, 2.45) is 0 Å². The molecule has 1 fully saturated rings. The van der Waals surface area contributed by atoms with E-state index in [1.165, 1.54) is 9.71 Å². The summed E-state index contributed by atoms with van der Waals surface area (Å²) in [6.07, 6.45) is 0. The van der Waals surface area contributed by atoms with Gasteiger partial charge >= 0.3 is 0 Å². The number of aromatic nitrogens is 1. The van der Waals surface area contributed by atoms with Gasteiger partial charge in [0.25, 0.3) is 0 Å². The zero-order valence-corrected chi connectivity index (χ0v) is 15.1. The molecule has 1 N–H and O–H groups in total. The number of piperazine rings is 1. The van der Waals surface area contributed by atoms with Crippen LogP contribution in [0.1, 0.15) is 11.9 Å². The first-order chi connectivity index (χ1) is 11.1. The maximum atomic E-state index is 5.45. The third-order valence-electron chi connectivity index (χ3n) is 3.90. The van der Waals surface area contributed by atoms with Gasteiger partial charge < -0.3 is 10.2 Å². The van der Waals surface area contributed by atoms with E-state index in [2.05, 4.69) is 39.9 Å². The van der Waals surface area contributed by atoms with Gasteiger partial charge in [-0.1, -0.05) is 24.3 Å². The molecule has 4 nitrogen and oxygen atoms in total. The number of rotatable bonds is 4. The fourth-order valence-electron chi connectivity index (χ4n) is 2.63. The zero-order valence-electron chi connectivity index (χ0n) is 13.4. The van der Waals surface area contributed by atoms with Crippen molar-refractivity contribution in [3.8, 4) is 0 Å². The van der Waals surface area contributed by atoms with Gasteiger partial charge in [0.1, 0.15) is 5.01 Å². The van der Waals surface area contributed by atoms with Crippen LogP contribution in [-0.4, -0.2) is 52.6 Å². The van der Waals surface area contributed by atoms with E-state index in [1.807, 2.05) is 13.0 Å². The molecule has 0 spiro atoms. The van der Waals surface area contributed by atoms with Gasteiger partial charge in [0.05, 0.1) is 16.8 Å². The first kappa shape index (κ1) is 16.4. The molecule has 0 bridgehead atoms. The van der Waals surface area contributed by atoms with Crippen molar-refractivity contribution < 1.29 is 0 Å². The molecule has 1 aliphatic heterocycles. The van der Waals surface area contributed by atoms with Crippen molar-refractivity contribution in [1.29, 1.82) is 0 Å². The number of thiocarbonyl (C=S) groups is 1. The number of hydrogen-bond acceptors (Lipinski definition) is 4. The molecule has 0 saturated carbocycles. The molecule has 6 heteroatoms.